The quantitative estimate of drug-likeness (QED) is 0.870. The van der Waals surface area contributed by atoms with Crippen LogP contribution in [0.1, 0.15) is 43.4 Å². The molecule has 1 unspecified atom stereocenters. The van der Waals surface area contributed by atoms with Gasteiger partial charge in [-0.25, -0.2) is 4.98 Å². The molecular weight excluding hydrogens is 262 g/mol. The SMILES string of the molecule is CC1CNCCc2c1nc1ccnn1c2N1CCCCC1. The third-order valence-electron chi connectivity index (χ3n) is 4.76. The fourth-order valence-electron chi connectivity index (χ4n) is 3.68. The topological polar surface area (TPSA) is 45.5 Å². The molecule has 0 aliphatic carbocycles. The van der Waals surface area contributed by atoms with Crippen molar-refractivity contribution in [1.29, 1.82) is 0 Å². The van der Waals surface area contributed by atoms with Gasteiger partial charge in [0.25, 0.3) is 0 Å². The van der Waals surface area contributed by atoms with E-state index in [1.165, 1.54) is 36.3 Å². The number of aromatic nitrogens is 3. The normalized spacial score (nSPS) is 23.1. The third kappa shape index (κ3) is 2.20. The Morgan fingerprint density at radius 2 is 2.10 bits per heavy atom. The van der Waals surface area contributed by atoms with E-state index in [9.17, 15) is 0 Å². The summed E-state index contributed by atoms with van der Waals surface area (Å²) in [7, 11) is 0. The zero-order chi connectivity index (χ0) is 14.2. The van der Waals surface area contributed by atoms with E-state index in [2.05, 4.69) is 26.8 Å². The summed E-state index contributed by atoms with van der Waals surface area (Å²) in [4.78, 5) is 7.44. The van der Waals surface area contributed by atoms with E-state index in [-0.39, 0.29) is 0 Å². The van der Waals surface area contributed by atoms with Gasteiger partial charge in [-0.2, -0.15) is 9.61 Å². The highest BCUT2D eigenvalue weighted by Gasteiger charge is 2.25. The first kappa shape index (κ1) is 13.1. The molecular formula is C16H23N5. The third-order valence-corrected chi connectivity index (χ3v) is 4.76. The van der Waals surface area contributed by atoms with Crippen LogP contribution < -0.4 is 10.2 Å². The second-order valence-corrected chi connectivity index (χ2v) is 6.30. The first-order valence-corrected chi connectivity index (χ1v) is 8.17. The largest absolute Gasteiger partial charge is 0.356 e. The highest BCUT2D eigenvalue weighted by Crippen LogP contribution is 2.31. The monoisotopic (exact) mass is 285 g/mol. The maximum absolute atomic E-state index is 4.91. The Morgan fingerprint density at radius 1 is 1.24 bits per heavy atom. The predicted molar refractivity (Wildman–Crippen MR) is 84.0 cm³/mol. The maximum atomic E-state index is 4.91. The van der Waals surface area contributed by atoms with Crippen LogP contribution in [0.5, 0.6) is 0 Å². The molecule has 2 aromatic heterocycles. The van der Waals surface area contributed by atoms with E-state index in [1.807, 2.05) is 12.3 Å². The van der Waals surface area contributed by atoms with E-state index >= 15 is 0 Å². The number of hydrogen-bond acceptors (Lipinski definition) is 4. The van der Waals surface area contributed by atoms with E-state index in [0.29, 0.717) is 5.92 Å². The summed E-state index contributed by atoms with van der Waals surface area (Å²) in [6.45, 7) is 6.62. The van der Waals surface area contributed by atoms with Crippen LogP contribution in [-0.4, -0.2) is 40.8 Å². The van der Waals surface area contributed by atoms with Gasteiger partial charge in [-0.3, -0.25) is 0 Å². The van der Waals surface area contributed by atoms with Crippen LogP contribution in [-0.2, 0) is 6.42 Å². The van der Waals surface area contributed by atoms with Crippen LogP contribution in [0.2, 0.25) is 0 Å². The van der Waals surface area contributed by atoms with E-state index in [4.69, 9.17) is 4.98 Å². The summed E-state index contributed by atoms with van der Waals surface area (Å²) in [5.41, 5.74) is 3.67. The molecule has 21 heavy (non-hydrogen) atoms. The zero-order valence-corrected chi connectivity index (χ0v) is 12.7. The lowest BCUT2D eigenvalue weighted by Crippen LogP contribution is -2.33. The van der Waals surface area contributed by atoms with Crippen LogP contribution in [0.4, 0.5) is 5.82 Å². The van der Waals surface area contributed by atoms with Gasteiger partial charge in [0.2, 0.25) is 0 Å². The van der Waals surface area contributed by atoms with Gasteiger partial charge >= 0.3 is 0 Å². The standard InChI is InChI=1S/C16H23N5/c1-12-11-17-7-5-13-15(12)19-14-6-8-18-21(14)16(13)20-9-3-2-4-10-20/h6,8,12,17H,2-5,7,9-11H2,1H3. The molecule has 0 spiro atoms. The van der Waals surface area contributed by atoms with Crippen molar-refractivity contribution in [3.63, 3.8) is 0 Å². The zero-order valence-electron chi connectivity index (χ0n) is 12.7. The van der Waals surface area contributed by atoms with Crippen LogP contribution in [0.15, 0.2) is 12.3 Å². The van der Waals surface area contributed by atoms with Gasteiger partial charge in [-0.05, 0) is 32.2 Å². The number of piperidine rings is 1. The van der Waals surface area contributed by atoms with Crippen molar-refractivity contribution in [2.24, 2.45) is 0 Å². The molecule has 1 fully saturated rings. The van der Waals surface area contributed by atoms with Crippen molar-refractivity contribution >= 4 is 11.5 Å². The van der Waals surface area contributed by atoms with Crippen molar-refractivity contribution in [1.82, 2.24) is 19.9 Å². The lowest BCUT2D eigenvalue weighted by atomic mass is 10.0. The minimum atomic E-state index is 0.464. The van der Waals surface area contributed by atoms with Gasteiger partial charge < -0.3 is 10.2 Å². The molecule has 4 heterocycles. The molecule has 5 nitrogen and oxygen atoms in total. The molecule has 1 N–H and O–H groups in total. The molecule has 0 aromatic carbocycles. The van der Waals surface area contributed by atoms with Crippen molar-refractivity contribution in [3.8, 4) is 0 Å². The van der Waals surface area contributed by atoms with Gasteiger partial charge in [0.1, 0.15) is 5.82 Å². The number of fused-ring (bicyclic) bond motifs is 2. The summed E-state index contributed by atoms with van der Waals surface area (Å²) in [5, 5.41) is 8.08. The Morgan fingerprint density at radius 3 is 2.95 bits per heavy atom. The average molecular weight is 285 g/mol. The number of nitrogens with one attached hydrogen (secondary N) is 1. The van der Waals surface area contributed by atoms with Crippen LogP contribution in [0.25, 0.3) is 5.65 Å². The van der Waals surface area contributed by atoms with Gasteiger partial charge in [0, 0.05) is 37.2 Å². The van der Waals surface area contributed by atoms with Crippen molar-refractivity contribution < 1.29 is 0 Å². The number of rotatable bonds is 1. The molecule has 2 aliphatic rings. The Hall–Kier alpha value is -1.62. The van der Waals surface area contributed by atoms with Crippen molar-refractivity contribution in [3.05, 3.63) is 23.5 Å². The summed E-state index contributed by atoms with van der Waals surface area (Å²) in [6, 6.07) is 2.03. The van der Waals surface area contributed by atoms with Crippen LogP contribution in [0, 0.1) is 0 Å². The Balaban J connectivity index is 1.92. The molecule has 0 amide bonds. The summed E-state index contributed by atoms with van der Waals surface area (Å²) in [6.07, 6.45) is 6.84. The number of hydrogen-bond donors (Lipinski definition) is 1. The molecule has 0 saturated carbocycles. The van der Waals surface area contributed by atoms with Crippen LogP contribution in [0.3, 0.4) is 0 Å². The molecule has 2 aromatic rings. The van der Waals surface area contributed by atoms with Gasteiger partial charge in [0.05, 0.1) is 11.9 Å². The molecule has 1 saturated heterocycles. The van der Waals surface area contributed by atoms with Crippen molar-refractivity contribution in [2.75, 3.05) is 31.1 Å². The minimum absolute atomic E-state index is 0.464. The average Bonchev–Trinajstić information content (AvgIpc) is 2.91. The summed E-state index contributed by atoms with van der Waals surface area (Å²) < 4.78 is 2.06. The summed E-state index contributed by atoms with van der Waals surface area (Å²) >= 11 is 0. The summed E-state index contributed by atoms with van der Waals surface area (Å²) in [5.74, 6) is 1.76. The molecule has 112 valence electrons. The minimum Gasteiger partial charge on any atom is -0.356 e. The Bertz CT molecular complexity index is 641. The lowest BCUT2D eigenvalue weighted by Gasteiger charge is -2.31. The fraction of sp³-hybridized carbons (Fsp3) is 0.625. The van der Waals surface area contributed by atoms with E-state index in [0.717, 1.165) is 38.2 Å². The van der Waals surface area contributed by atoms with Crippen LogP contribution >= 0.6 is 0 Å². The molecule has 2 aliphatic heterocycles. The van der Waals surface area contributed by atoms with Gasteiger partial charge in [-0.1, -0.05) is 6.92 Å². The van der Waals surface area contributed by atoms with Crippen molar-refractivity contribution in [2.45, 2.75) is 38.5 Å². The highest BCUT2D eigenvalue weighted by molar-refractivity contribution is 5.58. The molecule has 5 heteroatoms. The molecule has 4 rings (SSSR count). The number of nitrogens with zero attached hydrogens (tertiary/aromatic N) is 4. The smallest absolute Gasteiger partial charge is 0.157 e. The second-order valence-electron chi connectivity index (χ2n) is 6.30. The number of anilines is 1. The van der Waals surface area contributed by atoms with E-state index < -0.39 is 0 Å². The van der Waals surface area contributed by atoms with Gasteiger partial charge in [0.15, 0.2) is 5.65 Å². The molecule has 1 atom stereocenters. The first-order chi connectivity index (χ1) is 10.3. The fourth-order valence-corrected chi connectivity index (χ4v) is 3.68. The van der Waals surface area contributed by atoms with Gasteiger partial charge in [-0.15, -0.1) is 0 Å². The van der Waals surface area contributed by atoms with E-state index in [1.54, 1.807) is 0 Å². The lowest BCUT2D eigenvalue weighted by molar-refractivity contribution is 0.565. The Labute approximate surface area is 125 Å². The molecule has 0 bridgehead atoms. The maximum Gasteiger partial charge on any atom is 0.157 e. The highest BCUT2D eigenvalue weighted by atomic mass is 15.3. The second kappa shape index (κ2) is 5.30. The first-order valence-electron chi connectivity index (χ1n) is 8.17. The predicted octanol–water partition coefficient (Wildman–Crippen LogP) is 1.97. The molecule has 0 radical (unpaired) electrons. The Kier molecular flexibility index (Phi) is 3.30.